The van der Waals surface area contributed by atoms with Gasteiger partial charge in [-0.05, 0) is 125 Å². The first-order chi connectivity index (χ1) is 25.3. The molecule has 2 aliphatic carbocycles. The third-order valence-corrected chi connectivity index (χ3v) is 13.3. The third-order valence-electron chi connectivity index (χ3n) is 13.3. The molecule has 0 aromatic rings. The highest BCUT2D eigenvalue weighted by Crippen LogP contribution is 2.44. The average molecular weight is 735 g/mol. The van der Waals surface area contributed by atoms with Gasteiger partial charge in [0.1, 0.15) is 12.2 Å². The van der Waals surface area contributed by atoms with Gasteiger partial charge in [-0.3, -0.25) is 0 Å². The molecule has 0 saturated heterocycles. The Morgan fingerprint density at radius 1 is 0.404 bits per heavy atom. The van der Waals surface area contributed by atoms with E-state index in [1.54, 1.807) is 0 Å². The largest absolute Gasteiger partial charge is 0.550 e. The molecule has 0 radical (unpaired) electrons. The molecule has 0 atom stereocenters. The van der Waals surface area contributed by atoms with Crippen molar-refractivity contribution < 1.29 is 28.8 Å². The van der Waals surface area contributed by atoms with Crippen LogP contribution in [0.4, 0.5) is 9.59 Å². The smallest absolute Gasteiger partial charge is 0.428 e. The number of carbonyl (C=O) groups excluding carboxylic acids is 2. The van der Waals surface area contributed by atoms with Gasteiger partial charge in [-0.1, -0.05) is 144 Å². The van der Waals surface area contributed by atoms with Crippen LogP contribution < -0.4 is 0 Å². The van der Waals surface area contributed by atoms with E-state index in [2.05, 4.69) is 41.5 Å². The minimum atomic E-state index is -0.940. The lowest BCUT2D eigenvalue weighted by molar-refractivity contribution is -0.226. The van der Waals surface area contributed by atoms with Crippen molar-refractivity contribution in [2.75, 3.05) is 0 Å². The summed E-state index contributed by atoms with van der Waals surface area (Å²) in [7, 11) is 0. The quantitative estimate of drug-likeness (QED) is 0.0453. The van der Waals surface area contributed by atoms with Gasteiger partial charge in [0.25, 0.3) is 0 Å². The van der Waals surface area contributed by atoms with Crippen LogP contribution in [0.15, 0.2) is 0 Å². The average Bonchev–Trinajstić information content (AvgIpc) is 3.16. The Morgan fingerprint density at radius 2 is 0.654 bits per heavy atom. The van der Waals surface area contributed by atoms with Gasteiger partial charge < -0.3 is 9.47 Å². The van der Waals surface area contributed by atoms with Gasteiger partial charge in [0.05, 0.1) is 0 Å². The summed E-state index contributed by atoms with van der Waals surface area (Å²) in [6.45, 7) is 14.0. The van der Waals surface area contributed by atoms with Crippen molar-refractivity contribution in [3.8, 4) is 0 Å². The summed E-state index contributed by atoms with van der Waals surface area (Å²) in [6.07, 6.45) is 37.6. The first-order valence-electron chi connectivity index (χ1n) is 23.0. The van der Waals surface area contributed by atoms with Crippen LogP contribution in [0.3, 0.4) is 0 Å². The summed E-state index contributed by atoms with van der Waals surface area (Å²) in [5, 5.41) is 0. The molecule has 0 unspecified atom stereocenters. The molecule has 0 bridgehead atoms. The lowest BCUT2D eigenvalue weighted by Crippen LogP contribution is -2.28. The maximum Gasteiger partial charge on any atom is 0.550 e. The lowest BCUT2D eigenvalue weighted by Gasteiger charge is -2.36. The number of hydrogen-bond donors (Lipinski definition) is 0. The first-order valence-corrected chi connectivity index (χ1v) is 23.0. The number of unbranched alkanes of at least 4 members (excludes halogenated alkanes) is 6. The number of hydrogen-bond acceptors (Lipinski definition) is 6. The molecule has 0 spiro atoms. The number of ether oxygens (including phenoxy) is 2. The molecule has 6 nitrogen and oxygen atoms in total. The van der Waals surface area contributed by atoms with E-state index in [-0.39, 0.29) is 12.2 Å². The molecule has 0 aliphatic heterocycles. The Balaban J connectivity index is 1.64. The molecule has 0 aromatic carbocycles. The molecule has 2 rings (SSSR count). The van der Waals surface area contributed by atoms with E-state index in [4.69, 9.17) is 19.2 Å². The van der Waals surface area contributed by atoms with E-state index in [1.807, 2.05) is 0 Å². The molecule has 0 amide bonds. The molecule has 0 aromatic heterocycles. The zero-order valence-corrected chi connectivity index (χ0v) is 35.4. The Hall–Kier alpha value is -1.46. The summed E-state index contributed by atoms with van der Waals surface area (Å²) in [4.78, 5) is 34.1. The van der Waals surface area contributed by atoms with Crippen molar-refractivity contribution in [2.24, 2.45) is 22.7 Å². The fourth-order valence-electron chi connectivity index (χ4n) is 9.80. The van der Waals surface area contributed by atoms with Crippen molar-refractivity contribution in [2.45, 2.75) is 259 Å². The van der Waals surface area contributed by atoms with Crippen molar-refractivity contribution in [3.05, 3.63) is 0 Å². The van der Waals surface area contributed by atoms with E-state index in [0.29, 0.717) is 22.7 Å². The van der Waals surface area contributed by atoms with Gasteiger partial charge in [-0.2, -0.15) is 19.4 Å². The molecule has 306 valence electrons. The predicted octanol–water partition coefficient (Wildman–Crippen LogP) is 15.8. The standard InChI is InChI=1S/C46H86O6/c1-7-13-31-45(32-14-8-2,33-15-9-3)37-19-21-39-23-27-41(28-24-39)49-43(47)51-52-44(48)50-42-29-25-40(26-30-42)22-20-38-46(34-16-10-4,35-17-11-5)36-18-12-6/h39-42H,7-38H2,1-6H3. The van der Waals surface area contributed by atoms with E-state index in [0.717, 1.165) is 51.4 Å². The Kier molecular flexibility index (Phi) is 25.2. The minimum Gasteiger partial charge on any atom is -0.428 e. The summed E-state index contributed by atoms with van der Waals surface area (Å²) < 4.78 is 11.0. The molecule has 2 saturated carbocycles. The molecule has 0 N–H and O–H groups in total. The topological polar surface area (TPSA) is 71.1 Å². The second kappa shape index (κ2) is 28.0. The van der Waals surface area contributed by atoms with Crippen LogP contribution in [0.5, 0.6) is 0 Å². The minimum absolute atomic E-state index is 0.175. The highest BCUT2D eigenvalue weighted by Gasteiger charge is 2.32. The Morgan fingerprint density at radius 3 is 0.904 bits per heavy atom. The van der Waals surface area contributed by atoms with Crippen LogP contribution in [0.1, 0.15) is 247 Å². The Bertz CT molecular complexity index is 772. The fourth-order valence-corrected chi connectivity index (χ4v) is 9.80. The molecule has 2 aliphatic rings. The van der Waals surface area contributed by atoms with Gasteiger partial charge in [0.15, 0.2) is 0 Å². The van der Waals surface area contributed by atoms with Gasteiger partial charge >= 0.3 is 12.3 Å². The summed E-state index contributed by atoms with van der Waals surface area (Å²) in [6, 6.07) is 0. The molecule has 2 fully saturated rings. The van der Waals surface area contributed by atoms with Gasteiger partial charge in [0.2, 0.25) is 0 Å². The molecular weight excluding hydrogens is 648 g/mol. The second-order valence-electron chi connectivity index (χ2n) is 17.6. The van der Waals surface area contributed by atoms with Crippen LogP contribution in [-0.4, -0.2) is 24.5 Å². The highest BCUT2D eigenvalue weighted by molar-refractivity contribution is 5.63. The summed E-state index contributed by atoms with van der Waals surface area (Å²) in [5.41, 5.74) is 1.07. The fraction of sp³-hybridized carbons (Fsp3) is 0.957. The van der Waals surface area contributed by atoms with Crippen LogP contribution in [-0.2, 0) is 19.2 Å². The van der Waals surface area contributed by atoms with E-state index < -0.39 is 12.3 Å². The van der Waals surface area contributed by atoms with E-state index in [9.17, 15) is 9.59 Å². The second-order valence-corrected chi connectivity index (χ2v) is 17.6. The van der Waals surface area contributed by atoms with Crippen LogP contribution in [0.2, 0.25) is 0 Å². The van der Waals surface area contributed by atoms with Gasteiger partial charge in [0, 0.05) is 0 Å². The molecule has 6 heteroatoms. The lowest BCUT2D eigenvalue weighted by atomic mass is 9.70. The SMILES string of the molecule is CCCCC(CCCC)(CCCC)CCCC1CCC(OC(=O)OOC(=O)OC2CCC(CCCC(CCCC)(CCCC)CCCC)CC2)CC1. The molecule has 0 heterocycles. The maximum atomic E-state index is 12.3. The molecular formula is C46H86O6. The maximum absolute atomic E-state index is 12.3. The molecule has 52 heavy (non-hydrogen) atoms. The zero-order chi connectivity index (χ0) is 37.9. The van der Waals surface area contributed by atoms with Crippen molar-refractivity contribution >= 4 is 12.3 Å². The van der Waals surface area contributed by atoms with Crippen LogP contribution in [0, 0.1) is 22.7 Å². The van der Waals surface area contributed by atoms with Gasteiger partial charge in [-0.25, -0.2) is 0 Å². The summed E-state index contributed by atoms with van der Waals surface area (Å²) in [5.74, 6) is 1.41. The van der Waals surface area contributed by atoms with Crippen molar-refractivity contribution in [3.63, 3.8) is 0 Å². The highest BCUT2D eigenvalue weighted by atomic mass is 17.3. The number of rotatable bonds is 28. The van der Waals surface area contributed by atoms with Crippen LogP contribution >= 0.6 is 0 Å². The normalized spacial score (nSPS) is 21.1. The van der Waals surface area contributed by atoms with E-state index >= 15 is 0 Å². The summed E-state index contributed by atoms with van der Waals surface area (Å²) >= 11 is 0. The Labute approximate surface area is 322 Å². The zero-order valence-electron chi connectivity index (χ0n) is 35.4. The monoisotopic (exact) mass is 735 g/mol. The van der Waals surface area contributed by atoms with E-state index in [1.165, 1.54) is 154 Å². The van der Waals surface area contributed by atoms with Crippen molar-refractivity contribution in [1.29, 1.82) is 0 Å². The van der Waals surface area contributed by atoms with Gasteiger partial charge in [-0.15, -0.1) is 0 Å². The first kappa shape index (κ1) is 46.7. The predicted molar refractivity (Wildman–Crippen MR) is 216 cm³/mol. The van der Waals surface area contributed by atoms with Crippen molar-refractivity contribution in [1.82, 2.24) is 0 Å². The van der Waals surface area contributed by atoms with Crippen LogP contribution in [0.25, 0.3) is 0 Å². The third kappa shape index (κ3) is 19.2. The number of carbonyl (C=O) groups is 2.